The molecular formula is C21H20O4. The third-order valence-corrected chi connectivity index (χ3v) is 3.70. The van der Waals surface area contributed by atoms with Gasteiger partial charge in [-0.2, -0.15) is 0 Å². The molecule has 0 amide bonds. The fraction of sp³-hybridized carbons (Fsp3) is 0.143. The number of ether oxygens (including phenoxy) is 2. The smallest absolute Gasteiger partial charge is 0.178 e. The summed E-state index contributed by atoms with van der Waals surface area (Å²) in [4.78, 5) is 0. The highest BCUT2D eigenvalue weighted by atomic mass is 16.5. The topological polar surface area (TPSA) is 58.9 Å². The van der Waals surface area contributed by atoms with Crippen LogP contribution in [0.3, 0.4) is 0 Å². The van der Waals surface area contributed by atoms with E-state index in [2.05, 4.69) is 0 Å². The summed E-state index contributed by atoms with van der Waals surface area (Å²) < 4.78 is 11.5. The van der Waals surface area contributed by atoms with Gasteiger partial charge in [0.25, 0.3) is 0 Å². The number of rotatable bonds is 7. The Bertz CT molecular complexity index is 724. The average molecular weight is 336 g/mol. The van der Waals surface area contributed by atoms with Gasteiger partial charge >= 0.3 is 0 Å². The van der Waals surface area contributed by atoms with Crippen LogP contribution in [0.2, 0.25) is 0 Å². The first-order valence-corrected chi connectivity index (χ1v) is 8.05. The van der Waals surface area contributed by atoms with E-state index in [9.17, 15) is 10.2 Å². The van der Waals surface area contributed by atoms with E-state index < -0.39 is 6.29 Å². The lowest BCUT2D eigenvalue weighted by molar-refractivity contribution is -0.0428. The van der Waals surface area contributed by atoms with Crippen molar-refractivity contribution >= 4 is 0 Å². The quantitative estimate of drug-likeness (QED) is 0.644. The number of hydrogen-bond acceptors (Lipinski definition) is 4. The van der Waals surface area contributed by atoms with Crippen LogP contribution in [0, 0.1) is 0 Å². The molecule has 2 N–H and O–H groups in total. The van der Waals surface area contributed by atoms with Crippen LogP contribution in [0.5, 0.6) is 11.5 Å². The fourth-order valence-corrected chi connectivity index (χ4v) is 2.39. The molecule has 128 valence electrons. The predicted molar refractivity (Wildman–Crippen MR) is 95.2 cm³/mol. The van der Waals surface area contributed by atoms with Crippen LogP contribution in [-0.2, 0) is 13.2 Å². The zero-order chi connectivity index (χ0) is 17.5. The van der Waals surface area contributed by atoms with Gasteiger partial charge in [-0.15, -0.1) is 0 Å². The van der Waals surface area contributed by atoms with Crippen molar-refractivity contribution in [2.24, 2.45) is 0 Å². The van der Waals surface area contributed by atoms with E-state index in [0.717, 1.165) is 11.1 Å². The van der Waals surface area contributed by atoms with Crippen LogP contribution in [0.1, 0.15) is 23.0 Å². The van der Waals surface area contributed by atoms with Gasteiger partial charge in [-0.1, -0.05) is 60.7 Å². The van der Waals surface area contributed by atoms with Crippen LogP contribution in [-0.4, -0.2) is 10.2 Å². The minimum absolute atomic E-state index is 0.327. The van der Waals surface area contributed by atoms with Crippen molar-refractivity contribution in [1.29, 1.82) is 0 Å². The maximum atomic E-state index is 9.49. The molecule has 0 aliphatic carbocycles. The summed E-state index contributed by atoms with van der Waals surface area (Å²) in [5, 5.41) is 19.0. The Labute approximate surface area is 146 Å². The molecule has 3 aromatic rings. The Kier molecular flexibility index (Phi) is 5.67. The van der Waals surface area contributed by atoms with Crippen molar-refractivity contribution in [2.45, 2.75) is 19.5 Å². The molecule has 0 saturated heterocycles. The van der Waals surface area contributed by atoms with E-state index in [-0.39, 0.29) is 0 Å². The molecule has 4 heteroatoms. The lowest BCUT2D eigenvalue weighted by atomic mass is 10.2. The lowest BCUT2D eigenvalue weighted by Gasteiger charge is -2.13. The van der Waals surface area contributed by atoms with Crippen molar-refractivity contribution in [2.75, 3.05) is 0 Å². The van der Waals surface area contributed by atoms with E-state index in [0.29, 0.717) is 30.3 Å². The Balaban J connectivity index is 1.72. The highest BCUT2D eigenvalue weighted by molar-refractivity contribution is 5.39. The molecule has 0 aromatic heterocycles. The van der Waals surface area contributed by atoms with Gasteiger partial charge in [0.15, 0.2) is 6.29 Å². The monoisotopic (exact) mass is 336 g/mol. The van der Waals surface area contributed by atoms with Gasteiger partial charge in [0.1, 0.15) is 24.7 Å². The second-order valence-electron chi connectivity index (χ2n) is 5.66. The Morgan fingerprint density at radius 1 is 0.640 bits per heavy atom. The van der Waals surface area contributed by atoms with E-state index in [4.69, 9.17) is 9.47 Å². The van der Waals surface area contributed by atoms with Crippen molar-refractivity contribution < 1.29 is 19.7 Å². The number of aliphatic hydroxyl groups is 2. The highest BCUT2D eigenvalue weighted by Crippen LogP contribution is 2.27. The van der Waals surface area contributed by atoms with E-state index in [1.54, 1.807) is 18.2 Å². The van der Waals surface area contributed by atoms with Crippen molar-refractivity contribution in [3.8, 4) is 11.5 Å². The molecule has 0 unspecified atom stereocenters. The van der Waals surface area contributed by atoms with Crippen molar-refractivity contribution in [3.05, 3.63) is 95.6 Å². The van der Waals surface area contributed by atoms with Crippen LogP contribution in [0.15, 0.2) is 78.9 Å². The first kappa shape index (κ1) is 17.0. The van der Waals surface area contributed by atoms with Gasteiger partial charge < -0.3 is 19.7 Å². The van der Waals surface area contributed by atoms with E-state index in [1.165, 1.54) is 0 Å². The molecule has 0 aliphatic rings. The van der Waals surface area contributed by atoms with Gasteiger partial charge in [0.2, 0.25) is 0 Å². The van der Waals surface area contributed by atoms with Gasteiger partial charge in [0, 0.05) is 11.6 Å². The van der Waals surface area contributed by atoms with Crippen molar-refractivity contribution in [1.82, 2.24) is 0 Å². The first-order chi connectivity index (χ1) is 12.2. The SMILES string of the molecule is OC(O)c1cc(OCc2ccccc2)cc(OCc2ccccc2)c1. The minimum atomic E-state index is -1.58. The Morgan fingerprint density at radius 3 is 1.48 bits per heavy atom. The zero-order valence-electron chi connectivity index (χ0n) is 13.7. The summed E-state index contributed by atoms with van der Waals surface area (Å²) in [6.45, 7) is 0.786. The molecule has 0 heterocycles. The predicted octanol–water partition coefficient (Wildman–Crippen LogP) is 3.83. The summed E-state index contributed by atoms with van der Waals surface area (Å²) in [5.74, 6) is 1.05. The average Bonchev–Trinajstić information content (AvgIpc) is 2.66. The number of benzene rings is 3. The molecule has 0 fully saturated rings. The second kappa shape index (κ2) is 8.33. The molecular weight excluding hydrogens is 316 g/mol. The molecule has 25 heavy (non-hydrogen) atoms. The van der Waals surface area contributed by atoms with Gasteiger partial charge in [-0.05, 0) is 23.3 Å². The Morgan fingerprint density at radius 2 is 1.08 bits per heavy atom. The molecule has 4 nitrogen and oxygen atoms in total. The van der Waals surface area contributed by atoms with E-state index >= 15 is 0 Å². The highest BCUT2D eigenvalue weighted by Gasteiger charge is 2.09. The third-order valence-electron chi connectivity index (χ3n) is 3.70. The summed E-state index contributed by atoms with van der Waals surface area (Å²) in [6.07, 6.45) is -1.58. The number of aliphatic hydroxyl groups excluding tert-OH is 1. The molecule has 0 bridgehead atoms. The second-order valence-corrected chi connectivity index (χ2v) is 5.66. The summed E-state index contributed by atoms with van der Waals surface area (Å²) in [5.41, 5.74) is 2.39. The molecule has 0 radical (unpaired) electrons. The molecule has 3 rings (SSSR count). The number of hydrogen-bond donors (Lipinski definition) is 2. The maximum Gasteiger partial charge on any atom is 0.178 e. The summed E-state index contributed by atoms with van der Waals surface area (Å²) in [7, 11) is 0. The minimum Gasteiger partial charge on any atom is -0.489 e. The normalized spacial score (nSPS) is 10.7. The molecule has 0 aliphatic heterocycles. The Hall–Kier alpha value is -2.82. The van der Waals surface area contributed by atoms with Crippen LogP contribution in [0.25, 0.3) is 0 Å². The maximum absolute atomic E-state index is 9.49. The van der Waals surface area contributed by atoms with Gasteiger partial charge in [0.05, 0.1) is 0 Å². The van der Waals surface area contributed by atoms with E-state index in [1.807, 2.05) is 60.7 Å². The molecule has 0 spiro atoms. The molecule has 0 atom stereocenters. The summed E-state index contributed by atoms with van der Waals surface area (Å²) in [6, 6.07) is 24.5. The molecule has 0 saturated carbocycles. The fourth-order valence-electron chi connectivity index (χ4n) is 2.39. The largest absolute Gasteiger partial charge is 0.489 e. The van der Waals surface area contributed by atoms with Crippen molar-refractivity contribution in [3.63, 3.8) is 0 Å². The zero-order valence-corrected chi connectivity index (χ0v) is 13.7. The van der Waals surface area contributed by atoms with Crippen LogP contribution >= 0.6 is 0 Å². The lowest BCUT2D eigenvalue weighted by Crippen LogP contribution is -2.01. The summed E-state index contributed by atoms with van der Waals surface area (Å²) >= 11 is 0. The van der Waals surface area contributed by atoms with Crippen LogP contribution in [0.4, 0.5) is 0 Å². The standard InChI is InChI=1S/C21H20O4/c22-21(23)18-11-19(24-14-16-7-3-1-4-8-16)13-20(12-18)25-15-17-9-5-2-6-10-17/h1-13,21-23H,14-15H2. The van der Waals surface area contributed by atoms with Gasteiger partial charge in [-0.3, -0.25) is 0 Å². The third kappa shape index (κ3) is 5.08. The first-order valence-electron chi connectivity index (χ1n) is 8.05. The van der Waals surface area contributed by atoms with Gasteiger partial charge in [-0.25, -0.2) is 0 Å². The molecule has 3 aromatic carbocycles. The van der Waals surface area contributed by atoms with Crippen LogP contribution < -0.4 is 9.47 Å².